The Balaban J connectivity index is 1.35. The van der Waals surface area contributed by atoms with Gasteiger partial charge in [-0.25, -0.2) is 15.0 Å². The number of benzene rings is 5. The number of rotatable bonds is 6. The van der Waals surface area contributed by atoms with Crippen molar-refractivity contribution in [2.45, 2.75) is 19.8 Å². The summed E-state index contributed by atoms with van der Waals surface area (Å²) in [4.78, 5) is 15.7. The summed E-state index contributed by atoms with van der Waals surface area (Å²) in [5.41, 5.74) is 6.89. The van der Waals surface area contributed by atoms with Gasteiger partial charge >= 0.3 is 0 Å². The molecule has 2 heterocycles. The second-order valence-electron chi connectivity index (χ2n) is 12.3. The Bertz CT molecular complexity index is 2460. The van der Waals surface area contributed by atoms with E-state index < -0.39 is 0 Å². The van der Waals surface area contributed by atoms with E-state index in [0.29, 0.717) is 23.9 Å². The normalized spacial score (nSPS) is 17.7. The van der Waals surface area contributed by atoms with Gasteiger partial charge in [0.2, 0.25) is 0 Å². The monoisotopic (exact) mass is 633 g/mol. The zero-order chi connectivity index (χ0) is 33.0. The highest BCUT2D eigenvalue weighted by molar-refractivity contribution is 6.11. The molecule has 0 radical (unpaired) electrons. The Morgan fingerprint density at radius 2 is 1.43 bits per heavy atom. The number of para-hydroxylation sites is 1. The van der Waals surface area contributed by atoms with Gasteiger partial charge in [-0.3, -0.25) is 0 Å². The smallest absolute Gasteiger partial charge is 0.164 e. The first kappa shape index (κ1) is 30.2. The van der Waals surface area contributed by atoms with Crippen LogP contribution in [0.25, 0.3) is 72.2 Å². The molecule has 7 aromatic rings. The number of fused-ring (bicyclic) bond motifs is 4. The van der Waals surface area contributed by atoms with E-state index in [1.54, 1.807) is 0 Å². The Morgan fingerprint density at radius 3 is 2.33 bits per heavy atom. The molecule has 0 N–H and O–H groups in total. The predicted octanol–water partition coefficient (Wildman–Crippen LogP) is 12.0. The topological polar surface area (TPSA) is 51.8 Å². The maximum atomic E-state index is 6.28. The summed E-state index contributed by atoms with van der Waals surface area (Å²) in [6, 6.07) is 37.7. The molecule has 4 heteroatoms. The van der Waals surface area contributed by atoms with Gasteiger partial charge in [-0.1, -0.05) is 140 Å². The minimum atomic E-state index is 0.259. The lowest BCUT2D eigenvalue weighted by molar-refractivity contribution is 0.669. The summed E-state index contributed by atoms with van der Waals surface area (Å²) in [5, 5.41) is 4.37. The molecule has 0 bridgehead atoms. The Hall–Kier alpha value is -6.13. The molecule has 4 nitrogen and oxygen atoms in total. The van der Waals surface area contributed by atoms with E-state index in [9.17, 15) is 0 Å². The lowest BCUT2D eigenvalue weighted by Crippen LogP contribution is -2.04. The fraction of sp³-hybridized carbons (Fsp3) is 0.0889. The minimum Gasteiger partial charge on any atom is -0.456 e. The van der Waals surface area contributed by atoms with Gasteiger partial charge in [0, 0.05) is 21.9 Å². The first-order chi connectivity index (χ1) is 24.2. The van der Waals surface area contributed by atoms with Crippen molar-refractivity contribution >= 4 is 38.3 Å². The van der Waals surface area contributed by atoms with E-state index in [-0.39, 0.29) is 5.92 Å². The van der Waals surface area contributed by atoms with Crippen molar-refractivity contribution in [2.75, 3.05) is 0 Å². The van der Waals surface area contributed by atoms with Gasteiger partial charge in [0.15, 0.2) is 17.5 Å². The van der Waals surface area contributed by atoms with Gasteiger partial charge in [0.25, 0.3) is 0 Å². The van der Waals surface area contributed by atoms with Gasteiger partial charge in [-0.05, 0) is 77.4 Å². The van der Waals surface area contributed by atoms with Crippen molar-refractivity contribution in [3.63, 3.8) is 0 Å². The number of hydrogen-bond donors (Lipinski definition) is 0. The van der Waals surface area contributed by atoms with Crippen LogP contribution in [-0.2, 0) is 0 Å². The zero-order valence-electron chi connectivity index (χ0n) is 27.3. The Morgan fingerprint density at radius 1 is 0.653 bits per heavy atom. The zero-order valence-corrected chi connectivity index (χ0v) is 27.3. The van der Waals surface area contributed by atoms with Crippen LogP contribution in [0.15, 0.2) is 168 Å². The SMILES string of the molecule is C/C=C\C=C/C1/C=C\C=C/C/C(c2nc(-c3cc(-c4ccccc4)c4ccccc4c3)nc(-c3cccc4oc5ccccc5c34)n2)=C\C1. The van der Waals surface area contributed by atoms with Crippen molar-refractivity contribution in [3.8, 4) is 33.9 Å². The highest BCUT2D eigenvalue weighted by Gasteiger charge is 2.19. The summed E-state index contributed by atoms with van der Waals surface area (Å²) in [7, 11) is 0. The summed E-state index contributed by atoms with van der Waals surface area (Å²) in [6.07, 6.45) is 21.0. The fourth-order valence-electron chi connectivity index (χ4n) is 6.59. The number of nitrogens with zero attached hydrogens (tertiary/aromatic N) is 3. The highest BCUT2D eigenvalue weighted by Crippen LogP contribution is 2.38. The van der Waals surface area contributed by atoms with Crippen molar-refractivity contribution in [1.29, 1.82) is 0 Å². The fourth-order valence-corrected chi connectivity index (χ4v) is 6.59. The third kappa shape index (κ3) is 6.17. The summed E-state index contributed by atoms with van der Waals surface area (Å²) in [5.74, 6) is 2.20. The average molecular weight is 634 g/mol. The lowest BCUT2D eigenvalue weighted by Gasteiger charge is -2.13. The van der Waals surface area contributed by atoms with Gasteiger partial charge in [-0.2, -0.15) is 0 Å². The first-order valence-corrected chi connectivity index (χ1v) is 16.8. The predicted molar refractivity (Wildman–Crippen MR) is 204 cm³/mol. The highest BCUT2D eigenvalue weighted by atomic mass is 16.3. The van der Waals surface area contributed by atoms with E-state index in [1.807, 2.05) is 43.3 Å². The first-order valence-electron chi connectivity index (χ1n) is 16.8. The van der Waals surface area contributed by atoms with Crippen LogP contribution < -0.4 is 0 Å². The molecular formula is C45H35N3O. The molecular weight excluding hydrogens is 599 g/mol. The lowest BCUT2D eigenvalue weighted by atomic mass is 9.95. The molecule has 1 atom stereocenters. The van der Waals surface area contributed by atoms with E-state index >= 15 is 0 Å². The van der Waals surface area contributed by atoms with Crippen LogP contribution in [0.2, 0.25) is 0 Å². The maximum Gasteiger partial charge on any atom is 0.164 e. The summed E-state index contributed by atoms with van der Waals surface area (Å²) >= 11 is 0. The second kappa shape index (κ2) is 13.5. The van der Waals surface area contributed by atoms with E-state index in [2.05, 4.69) is 127 Å². The van der Waals surface area contributed by atoms with Crippen LogP contribution in [0.3, 0.4) is 0 Å². The maximum absolute atomic E-state index is 6.28. The molecule has 1 unspecified atom stereocenters. The Labute approximate surface area is 286 Å². The molecule has 0 saturated heterocycles. The van der Waals surface area contributed by atoms with E-state index in [4.69, 9.17) is 19.4 Å². The van der Waals surface area contributed by atoms with Gasteiger partial charge in [0.05, 0.1) is 0 Å². The number of allylic oxidation sites excluding steroid dienone is 10. The van der Waals surface area contributed by atoms with Gasteiger partial charge in [-0.15, -0.1) is 0 Å². The molecule has 0 spiro atoms. The quantitative estimate of drug-likeness (QED) is 0.171. The van der Waals surface area contributed by atoms with Gasteiger partial charge < -0.3 is 4.42 Å². The molecule has 0 fully saturated rings. The van der Waals surface area contributed by atoms with E-state index in [1.165, 1.54) is 5.39 Å². The largest absolute Gasteiger partial charge is 0.456 e. The summed E-state index contributed by atoms with van der Waals surface area (Å²) in [6.45, 7) is 2.03. The summed E-state index contributed by atoms with van der Waals surface area (Å²) < 4.78 is 6.28. The standard InChI is InChI=1S/C45H35N3O/c1-2-3-6-16-31-17-7-4-10-20-33(28-27-31)43-46-44(35-29-34-21-11-12-22-36(34)39(30-35)32-18-8-5-9-19-32)48-45(47-43)38-24-15-26-41-42(38)37-23-13-14-25-40(37)49-41/h2-19,21-26,28-31H,20,27H2,1H3/b3-2-,10-4-,16-6-,17-7-,33-28+. The van der Waals surface area contributed by atoms with Gasteiger partial charge in [0.1, 0.15) is 11.2 Å². The number of hydrogen-bond acceptors (Lipinski definition) is 4. The van der Waals surface area contributed by atoms with Crippen molar-refractivity contribution in [1.82, 2.24) is 15.0 Å². The van der Waals surface area contributed by atoms with E-state index in [0.717, 1.165) is 61.6 Å². The molecule has 8 rings (SSSR count). The van der Waals surface area contributed by atoms with Crippen molar-refractivity contribution < 1.29 is 4.42 Å². The van der Waals surface area contributed by atoms with Crippen LogP contribution in [0, 0.1) is 5.92 Å². The molecule has 0 saturated carbocycles. The molecule has 1 aliphatic rings. The third-order valence-corrected chi connectivity index (χ3v) is 9.01. The molecule has 0 amide bonds. The molecule has 49 heavy (non-hydrogen) atoms. The number of furan rings is 1. The van der Waals surface area contributed by atoms with Crippen LogP contribution in [0.4, 0.5) is 0 Å². The third-order valence-electron chi connectivity index (χ3n) is 9.01. The van der Waals surface area contributed by atoms with Crippen LogP contribution in [-0.4, -0.2) is 15.0 Å². The second-order valence-corrected chi connectivity index (χ2v) is 12.3. The van der Waals surface area contributed by atoms with Crippen LogP contribution >= 0.6 is 0 Å². The molecule has 5 aromatic carbocycles. The van der Waals surface area contributed by atoms with Crippen molar-refractivity contribution in [2.24, 2.45) is 5.92 Å². The molecule has 2 aromatic heterocycles. The minimum absolute atomic E-state index is 0.259. The van der Waals surface area contributed by atoms with Crippen LogP contribution in [0.1, 0.15) is 25.6 Å². The Kier molecular flexibility index (Phi) is 8.35. The van der Waals surface area contributed by atoms with Crippen molar-refractivity contribution in [3.05, 3.63) is 170 Å². The van der Waals surface area contributed by atoms with Crippen LogP contribution in [0.5, 0.6) is 0 Å². The molecule has 236 valence electrons. The molecule has 0 aliphatic heterocycles. The average Bonchev–Trinajstić information content (AvgIpc) is 3.59. The molecule has 1 aliphatic carbocycles. The number of aromatic nitrogens is 3.